The molecule has 0 radical (unpaired) electrons. The van der Waals surface area contributed by atoms with E-state index in [4.69, 9.17) is 4.98 Å². The summed E-state index contributed by atoms with van der Waals surface area (Å²) in [7, 11) is 0. The molecule has 0 aliphatic heterocycles. The maximum Gasteiger partial charge on any atom is 0.138 e. The zero-order valence-electron chi connectivity index (χ0n) is 16.4. The molecule has 6 aromatic rings. The van der Waals surface area contributed by atoms with Crippen LogP contribution < -0.4 is 0 Å². The van der Waals surface area contributed by atoms with Crippen LogP contribution in [0.3, 0.4) is 0 Å². The molecule has 7 rings (SSSR count). The summed E-state index contributed by atoms with van der Waals surface area (Å²) >= 11 is 0. The SMILES string of the molecule is Cc1ccc2c(c1)c1ccccc1n2-c1cc2c(cn1)-c1nccc3cccc-2c13. The quantitative estimate of drug-likeness (QED) is 0.316. The normalized spacial score (nSPS) is 12.2. The Morgan fingerprint density at radius 3 is 2.57 bits per heavy atom. The highest BCUT2D eigenvalue weighted by atomic mass is 15.1. The average molecular weight is 383 g/mol. The van der Waals surface area contributed by atoms with Crippen LogP contribution in [0.15, 0.2) is 85.2 Å². The van der Waals surface area contributed by atoms with Crippen molar-refractivity contribution in [1.29, 1.82) is 0 Å². The van der Waals surface area contributed by atoms with Gasteiger partial charge in [0, 0.05) is 34.1 Å². The van der Waals surface area contributed by atoms with Crippen LogP contribution >= 0.6 is 0 Å². The minimum atomic E-state index is 0.939. The Kier molecular flexibility index (Phi) is 2.94. The molecule has 0 unspecified atom stereocenters. The van der Waals surface area contributed by atoms with Crippen molar-refractivity contribution in [2.45, 2.75) is 6.92 Å². The standard InChI is InChI=1S/C27H17N3/c1-16-9-10-24-21(13-16)18-6-2-3-8-23(18)30(24)25-14-20-19-7-4-5-17-11-12-28-27(26(17)19)22(20)15-29-25/h2-15H,1H3. The summed E-state index contributed by atoms with van der Waals surface area (Å²) in [5, 5.41) is 4.97. The van der Waals surface area contributed by atoms with Gasteiger partial charge in [0.1, 0.15) is 5.82 Å². The summed E-state index contributed by atoms with van der Waals surface area (Å²) in [6.07, 6.45) is 3.88. The summed E-state index contributed by atoms with van der Waals surface area (Å²) in [6, 6.07) is 26.0. The minimum absolute atomic E-state index is 0.939. The number of para-hydroxylation sites is 1. The lowest BCUT2D eigenvalue weighted by Gasteiger charge is -2.09. The number of pyridine rings is 2. The van der Waals surface area contributed by atoms with Crippen LogP contribution in [0.2, 0.25) is 0 Å². The number of aromatic nitrogens is 3. The highest BCUT2D eigenvalue weighted by Crippen LogP contribution is 2.46. The van der Waals surface area contributed by atoms with Crippen LogP contribution in [-0.2, 0) is 0 Å². The fourth-order valence-corrected chi connectivity index (χ4v) is 4.97. The molecule has 0 fully saturated rings. The first-order valence-electron chi connectivity index (χ1n) is 10.2. The van der Waals surface area contributed by atoms with E-state index in [1.54, 1.807) is 0 Å². The predicted molar refractivity (Wildman–Crippen MR) is 123 cm³/mol. The van der Waals surface area contributed by atoms with E-state index in [0.29, 0.717) is 0 Å². The van der Waals surface area contributed by atoms with Gasteiger partial charge in [-0.3, -0.25) is 9.55 Å². The van der Waals surface area contributed by atoms with Crippen LogP contribution in [0.1, 0.15) is 5.56 Å². The molecule has 0 spiro atoms. The molecule has 3 nitrogen and oxygen atoms in total. The summed E-state index contributed by atoms with van der Waals surface area (Å²) < 4.78 is 2.28. The van der Waals surface area contributed by atoms with E-state index in [0.717, 1.165) is 17.1 Å². The summed E-state index contributed by atoms with van der Waals surface area (Å²) in [5.41, 5.74) is 8.22. The first-order valence-corrected chi connectivity index (χ1v) is 10.2. The topological polar surface area (TPSA) is 30.7 Å². The van der Waals surface area contributed by atoms with Crippen LogP contribution in [-0.4, -0.2) is 14.5 Å². The Balaban J connectivity index is 1.57. The van der Waals surface area contributed by atoms with Gasteiger partial charge in [-0.1, -0.05) is 48.0 Å². The largest absolute Gasteiger partial charge is 0.294 e. The summed E-state index contributed by atoms with van der Waals surface area (Å²) in [4.78, 5) is 9.58. The number of aryl methyl sites for hydroxylation is 1. The van der Waals surface area contributed by atoms with Gasteiger partial charge in [0.2, 0.25) is 0 Å². The molecular weight excluding hydrogens is 366 g/mol. The highest BCUT2D eigenvalue weighted by Gasteiger charge is 2.24. The van der Waals surface area contributed by atoms with E-state index in [9.17, 15) is 0 Å². The lowest BCUT2D eigenvalue weighted by molar-refractivity contribution is 1.08. The second-order valence-electron chi connectivity index (χ2n) is 8.02. The van der Waals surface area contributed by atoms with Crippen molar-refractivity contribution in [2.75, 3.05) is 0 Å². The predicted octanol–water partition coefficient (Wildman–Crippen LogP) is 6.68. The Labute approximate surface area is 173 Å². The number of rotatable bonds is 1. The van der Waals surface area contributed by atoms with E-state index in [1.807, 2.05) is 12.4 Å². The Bertz CT molecular complexity index is 1650. The molecule has 30 heavy (non-hydrogen) atoms. The molecule has 0 saturated carbocycles. The van der Waals surface area contributed by atoms with Crippen molar-refractivity contribution in [1.82, 2.24) is 14.5 Å². The molecule has 3 aromatic heterocycles. The van der Waals surface area contributed by atoms with Gasteiger partial charge in [0.15, 0.2) is 0 Å². The van der Waals surface area contributed by atoms with E-state index in [2.05, 4.69) is 89.3 Å². The third kappa shape index (κ3) is 1.94. The number of nitrogens with zero attached hydrogens (tertiary/aromatic N) is 3. The molecule has 0 saturated heterocycles. The van der Waals surface area contributed by atoms with Gasteiger partial charge in [-0.25, -0.2) is 4.98 Å². The van der Waals surface area contributed by atoms with E-state index >= 15 is 0 Å². The van der Waals surface area contributed by atoms with Crippen molar-refractivity contribution in [3.8, 4) is 28.2 Å². The molecule has 0 bridgehead atoms. The molecule has 1 aliphatic carbocycles. The molecule has 0 N–H and O–H groups in total. The first-order chi connectivity index (χ1) is 14.8. The van der Waals surface area contributed by atoms with Gasteiger partial charge in [0.25, 0.3) is 0 Å². The maximum absolute atomic E-state index is 4.91. The third-order valence-corrected chi connectivity index (χ3v) is 6.28. The molecule has 140 valence electrons. The van der Waals surface area contributed by atoms with Crippen molar-refractivity contribution in [2.24, 2.45) is 0 Å². The summed E-state index contributed by atoms with van der Waals surface area (Å²) in [5.74, 6) is 0.939. The van der Waals surface area contributed by atoms with Crippen LogP contribution in [0.5, 0.6) is 0 Å². The maximum atomic E-state index is 4.91. The minimum Gasteiger partial charge on any atom is -0.294 e. The Morgan fingerprint density at radius 2 is 1.60 bits per heavy atom. The lowest BCUT2D eigenvalue weighted by Crippen LogP contribution is -1.98. The number of hydrogen-bond donors (Lipinski definition) is 0. The van der Waals surface area contributed by atoms with Gasteiger partial charge in [-0.05, 0) is 53.8 Å². The van der Waals surface area contributed by atoms with Crippen molar-refractivity contribution >= 4 is 32.6 Å². The van der Waals surface area contributed by atoms with Gasteiger partial charge in [0.05, 0.1) is 16.7 Å². The number of fused-ring (bicyclic) bond motifs is 6. The average Bonchev–Trinajstić information content (AvgIpc) is 3.28. The van der Waals surface area contributed by atoms with Crippen molar-refractivity contribution in [3.63, 3.8) is 0 Å². The molecule has 3 heterocycles. The van der Waals surface area contributed by atoms with Gasteiger partial charge >= 0.3 is 0 Å². The van der Waals surface area contributed by atoms with Crippen LogP contribution in [0.25, 0.3) is 60.8 Å². The van der Waals surface area contributed by atoms with Gasteiger partial charge < -0.3 is 0 Å². The first kappa shape index (κ1) is 15.9. The molecular formula is C27H17N3. The van der Waals surface area contributed by atoms with Crippen molar-refractivity contribution in [3.05, 3.63) is 90.8 Å². The van der Waals surface area contributed by atoms with E-state index in [1.165, 1.54) is 49.3 Å². The zero-order chi connectivity index (χ0) is 19.8. The summed E-state index contributed by atoms with van der Waals surface area (Å²) in [6.45, 7) is 2.14. The van der Waals surface area contributed by atoms with Crippen molar-refractivity contribution < 1.29 is 0 Å². The van der Waals surface area contributed by atoms with E-state index < -0.39 is 0 Å². The molecule has 0 atom stereocenters. The van der Waals surface area contributed by atoms with Gasteiger partial charge in [-0.2, -0.15) is 0 Å². The molecule has 0 amide bonds. The smallest absolute Gasteiger partial charge is 0.138 e. The number of hydrogen-bond acceptors (Lipinski definition) is 2. The van der Waals surface area contributed by atoms with E-state index in [-0.39, 0.29) is 0 Å². The van der Waals surface area contributed by atoms with Gasteiger partial charge in [-0.15, -0.1) is 0 Å². The number of benzene rings is 3. The second-order valence-corrected chi connectivity index (χ2v) is 8.02. The third-order valence-electron chi connectivity index (χ3n) is 6.28. The lowest BCUT2D eigenvalue weighted by atomic mass is 10.1. The van der Waals surface area contributed by atoms with Crippen LogP contribution in [0.4, 0.5) is 0 Å². The fourth-order valence-electron chi connectivity index (χ4n) is 4.97. The Morgan fingerprint density at radius 1 is 0.700 bits per heavy atom. The monoisotopic (exact) mass is 383 g/mol. The second kappa shape index (κ2) is 5.55. The van der Waals surface area contributed by atoms with Crippen LogP contribution in [0, 0.1) is 6.92 Å². The molecule has 1 aliphatic rings. The molecule has 3 heteroatoms. The molecule has 3 aromatic carbocycles. The fraction of sp³-hybridized carbons (Fsp3) is 0.0370. The Hall–Kier alpha value is -3.98. The zero-order valence-corrected chi connectivity index (χ0v) is 16.4. The highest BCUT2D eigenvalue weighted by molar-refractivity contribution is 6.14.